The van der Waals surface area contributed by atoms with Crippen molar-refractivity contribution in [2.45, 2.75) is 39.7 Å². The lowest BCUT2D eigenvalue weighted by molar-refractivity contribution is 0.216. The first-order valence-corrected chi connectivity index (χ1v) is 10.0. The molecule has 0 unspecified atom stereocenters. The standard InChI is InChI=1S/C22H27FN6O2/c1-4-21(27-26-19-11-9-15-8-10-16(23)12-17(15)19)31-13-18-14(2)6-5-7-20(18)29(25)22(30)28(3)24/h5-8,10,12H,4,9,11,13,24-25H2,1-3H3/b26-19?,27-21-. The van der Waals surface area contributed by atoms with Crippen molar-refractivity contribution in [3.05, 3.63) is 64.5 Å². The Morgan fingerprint density at radius 1 is 1.23 bits per heavy atom. The molecule has 0 fully saturated rings. The van der Waals surface area contributed by atoms with E-state index in [-0.39, 0.29) is 12.4 Å². The minimum absolute atomic E-state index is 0.153. The Balaban J connectivity index is 1.79. The summed E-state index contributed by atoms with van der Waals surface area (Å²) < 4.78 is 19.5. The molecule has 0 heterocycles. The summed E-state index contributed by atoms with van der Waals surface area (Å²) in [5, 5.41) is 10.5. The maximum absolute atomic E-state index is 13.6. The van der Waals surface area contributed by atoms with Crippen LogP contribution in [0.15, 0.2) is 46.6 Å². The molecular formula is C22H27FN6O2. The molecule has 0 aromatic heterocycles. The van der Waals surface area contributed by atoms with Crippen LogP contribution in [0, 0.1) is 12.7 Å². The molecular weight excluding hydrogens is 399 g/mol. The highest BCUT2D eigenvalue weighted by Crippen LogP contribution is 2.25. The van der Waals surface area contributed by atoms with E-state index >= 15 is 0 Å². The average Bonchev–Trinajstić information content (AvgIpc) is 3.15. The molecule has 3 rings (SSSR count). The monoisotopic (exact) mass is 426 g/mol. The van der Waals surface area contributed by atoms with Gasteiger partial charge in [0.15, 0.2) is 0 Å². The van der Waals surface area contributed by atoms with Crippen LogP contribution in [0.25, 0.3) is 0 Å². The van der Waals surface area contributed by atoms with Crippen molar-refractivity contribution >= 4 is 23.3 Å². The fourth-order valence-corrected chi connectivity index (χ4v) is 3.37. The normalized spacial score (nSPS) is 14.5. The van der Waals surface area contributed by atoms with Gasteiger partial charge in [0.25, 0.3) is 0 Å². The maximum atomic E-state index is 13.6. The molecule has 2 amide bonds. The first-order chi connectivity index (χ1) is 14.8. The van der Waals surface area contributed by atoms with Gasteiger partial charge in [-0.05, 0) is 49.1 Å². The number of ether oxygens (including phenoxy) is 1. The zero-order chi connectivity index (χ0) is 22.5. The molecule has 0 saturated carbocycles. The molecule has 164 valence electrons. The number of anilines is 1. The van der Waals surface area contributed by atoms with Crippen molar-refractivity contribution in [2.24, 2.45) is 21.9 Å². The topological polar surface area (TPSA) is 110 Å². The molecule has 31 heavy (non-hydrogen) atoms. The van der Waals surface area contributed by atoms with Crippen molar-refractivity contribution < 1.29 is 13.9 Å². The molecule has 8 nitrogen and oxygen atoms in total. The summed E-state index contributed by atoms with van der Waals surface area (Å²) in [4.78, 5) is 12.2. The van der Waals surface area contributed by atoms with Crippen LogP contribution in [0.1, 0.15) is 42.0 Å². The fourth-order valence-electron chi connectivity index (χ4n) is 3.37. The second-order valence-electron chi connectivity index (χ2n) is 7.32. The number of benzene rings is 2. The van der Waals surface area contributed by atoms with Crippen LogP contribution in [-0.2, 0) is 17.8 Å². The van der Waals surface area contributed by atoms with Gasteiger partial charge in [0.1, 0.15) is 12.4 Å². The van der Waals surface area contributed by atoms with Gasteiger partial charge in [0.2, 0.25) is 5.90 Å². The lowest BCUT2D eigenvalue weighted by atomic mass is 10.1. The van der Waals surface area contributed by atoms with Gasteiger partial charge in [-0.25, -0.2) is 25.9 Å². The SMILES string of the molecule is CC/C(=N/N=C1CCc2ccc(F)cc21)OCc1c(C)cccc1N(N)C(=O)N(C)N. The van der Waals surface area contributed by atoms with Crippen molar-refractivity contribution in [1.82, 2.24) is 5.01 Å². The molecule has 1 aliphatic carbocycles. The van der Waals surface area contributed by atoms with Crippen LogP contribution < -0.4 is 16.7 Å². The number of carbonyl (C=O) groups excluding carboxylic acids is 1. The first-order valence-electron chi connectivity index (χ1n) is 10.0. The molecule has 9 heteroatoms. The average molecular weight is 426 g/mol. The largest absolute Gasteiger partial charge is 0.475 e. The van der Waals surface area contributed by atoms with E-state index in [2.05, 4.69) is 10.2 Å². The molecule has 0 atom stereocenters. The molecule has 2 aromatic rings. The predicted molar refractivity (Wildman–Crippen MR) is 119 cm³/mol. The molecule has 1 aliphatic rings. The number of hydrogen-bond acceptors (Lipinski definition) is 6. The van der Waals surface area contributed by atoms with Gasteiger partial charge in [0.05, 0.1) is 11.4 Å². The van der Waals surface area contributed by atoms with E-state index in [4.69, 9.17) is 16.4 Å². The number of halogens is 1. The van der Waals surface area contributed by atoms with Crippen molar-refractivity contribution in [3.8, 4) is 0 Å². The van der Waals surface area contributed by atoms with Crippen molar-refractivity contribution in [2.75, 3.05) is 12.1 Å². The number of nitrogens with two attached hydrogens (primary N) is 2. The first kappa shape index (κ1) is 22.4. The third kappa shape index (κ3) is 5.07. The minimum atomic E-state index is -0.560. The van der Waals surface area contributed by atoms with Gasteiger partial charge in [-0.3, -0.25) is 5.01 Å². The number of carbonyl (C=O) groups is 1. The number of fused-ring (bicyclic) bond motifs is 1. The highest BCUT2D eigenvalue weighted by Gasteiger charge is 2.20. The molecule has 0 saturated heterocycles. The molecule has 0 aliphatic heterocycles. The summed E-state index contributed by atoms with van der Waals surface area (Å²) >= 11 is 0. The molecule has 0 spiro atoms. The quantitative estimate of drug-likeness (QED) is 0.251. The van der Waals surface area contributed by atoms with Gasteiger partial charge >= 0.3 is 6.03 Å². The number of hydrazine groups is 2. The van der Waals surface area contributed by atoms with E-state index in [1.807, 2.05) is 19.9 Å². The van der Waals surface area contributed by atoms with Crippen molar-refractivity contribution in [1.29, 1.82) is 0 Å². The van der Waals surface area contributed by atoms with Gasteiger partial charge < -0.3 is 4.74 Å². The number of hydrogen-bond donors (Lipinski definition) is 2. The fraction of sp³-hybridized carbons (Fsp3) is 0.318. The van der Waals surface area contributed by atoms with Crippen LogP contribution in [0.5, 0.6) is 0 Å². The Kier molecular flexibility index (Phi) is 6.98. The highest BCUT2D eigenvalue weighted by molar-refractivity contribution is 6.04. The van der Waals surface area contributed by atoms with Gasteiger partial charge in [-0.15, -0.1) is 5.10 Å². The van der Waals surface area contributed by atoms with Crippen LogP contribution in [0.4, 0.5) is 14.9 Å². The summed E-state index contributed by atoms with van der Waals surface area (Å²) in [6.07, 6.45) is 2.04. The molecule has 2 aromatic carbocycles. The maximum Gasteiger partial charge on any atom is 0.352 e. The van der Waals surface area contributed by atoms with Gasteiger partial charge in [0, 0.05) is 24.6 Å². The Hall–Kier alpha value is -3.30. The predicted octanol–water partition coefficient (Wildman–Crippen LogP) is 3.42. The number of nitrogens with zero attached hydrogens (tertiary/aromatic N) is 4. The van der Waals surface area contributed by atoms with Gasteiger partial charge in [-0.2, -0.15) is 5.10 Å². The second-order valence-corrected chi connectivity index (χ2v) is 7.32. The van der Waals surface area contributed by atoms with E-state index < -0.39 is 6.03 Å². The Morgan fingerprint density at radius 3 is 2.71 bits per heavy atom. The lowest BCUT2D eigenvalue weighted by Gasteiger charge is -2.24. The minimum Gasteiger partial charge on any atom is -0.475 e. The summed E-state index contributed by atoms with van der Waals surface area (Å²) in [7, 11) is 1.42. The highest BCUT2D eigenvalue weighted by atomic mass is 19.1. The molecule has 0 radical (unpaired) electrons. The number of urea groups is 1. The van der Waals surface area contributed by atoms with Gasteiger partial charge in [-0.1, -0.05) is 25.1 Å². The van der Waals surface area contributed by atoms with Crippen LogP contribution in [0.3, 0.4) is 0 Å². The summed E-state index contributed by atoms with van der Waals surface area (Å²) in [5.74, 6) is 11.6. The van der Waals surface area contributed by atoms with Crippen LogP contribution >= 0.6 is 0 Å². The Bertz CT molecular complexity index is 1030. The summed E-state index contributed by atoms with van der Waals surface area (Å²) in [6.45, 7) is 3.96. The number of aryl methyl sites for hydroxylation is 2. The number of rotatable bonds is 5. The summed E-state index contributed by atoms with van der Waals surface area (Å²) in [5.41, 5.74) is 4.74. The Labute approximate surface area is 180 Å². The second kappa shape index (κ2) is 9.67. The smallest absolute Gasteiger partial charge is 0.352 e. The number of amides is 2. The zero-order valence-electron chi connectivity index (χ0n) is 17.9. The zero-order valence-corrected chi connectivity index (χ0v) is 17.9. The van der Waals surface area contributed by atoms with Crippen LogP contribution in [0.2, 0.25) is 0 Å². The van der Waals surface area contributed by atoms with Crippen molar-refractivity contribution in [3.63, 3.8) is 0 Å². The van der Waals surface area contributed by atoms with E-state index in [0.29, 0.717) is 24.4 Å². The Morgan fingerprint density at radius 2 is 2.00 bits per heavy atom. The molecule has 4 N–H and O–H groups in total. The lowest BCUT2D eigenvalue weighted by Crippen LogP contribution is -2.49. The van der Waals surface area contributed by atoms with E-state index in [9.17, 15) is 9.18 Å². The van der Waals surface area contributed by atoms with E-state index in [1.54, 1.807) is 18.2 Å². The third-order valence-corrected chi connectivity index (χ3v) is 5.13. The molecule has 0 bridgehead atoms. The summed E-state index contributed by atoms with van der Waals surface area (Å²) in [6, 6.07) is 9.60. The van der Waals surface area contributed by atoms with E-state index in [1.165, 1.54) is 19.2 Å². The van der Waals surface area contributed by atoms with E-state index in [0.717, 1.165) is 44.4 Å². The third-order valence-electron chi connectivity index (χ3n) is 5.13. The van der Waals surface area contributed by atoms with Crippen LogP contribution in [-0.4, -0.2) is 29.7 Å².